The van der Waals surface area contributed by atoms with E-state index >= 15 is 0 Å². The van der Waals surface area contributed by atoms with Gasteiger partial charge in [-0.3, -0.25) is 9.59 Å². The molecule has 1 fully saturated rings. The molecule has 1 aliphatic carbocycles. The third-order valence-electron chi connectivity index (χ3n) is 3.42. The molecule has 2 atom stereocenters. The summed E-state index contributed by atoms with van der Waals surface area (Å²) in [6.45, 7) is 1.64. The van der Waals surface area contributed by atoms with E-state index in [1.165, 1.54) is 0 Å². The van der Waals surface area contributed by atoms with Crippen LogP contribution in [0.1, 0.15) is 37.7 Å². The molecule has 1 aliphatic rings. The van der Waals surface area contributed by atoms with Crippen molar-refractivity contribution >= 4 is 11.6 Å². The van der Waals surface area contributed by atoms with E-state index in [0.29, 0.717) is 19.3 Å². The second-order valence-electron chi connectivity index (χ2n) is 4.52. The highest BCUT2D eigenvalue weighted by molar-refractivity contribution is 5.86. The fraction of sp³-hybridized carbons (Fsp3) is 0.429. The Balaban J connectivity index is 2.27. The molecule has 2 unspecified atom stereocenters. The average molecular weight is 216 g/mol. The van der Waals surface area contributed by atoms with Gasteiger partial charge in [-0.15, -0.1) is 0 Å². The summed E-state index contributed by atoms with van der Waals surface area (Å²) < 4.78 is 0. The minimum Gasteiger partial charge on any atom is -0.300 e. The van der Waals surface area contributed by atoms with Gasteiger partial charge in [0.2, 0.25) is 0 Å². The maximum atomic E-state index is 11.6. The fourth-order valence-electron chi connectivity index (χ4n) is 2.54. The summed E-state index contributed by atoms with van der Waals surface area (Å²) in [7, 11) is 0. The topological polar surface area (TPSA) is 34.1 Å². The van der Waals surface area contributed by atoms with Gasteiger partial charge in [-0.2, -0.15) is 0 Å². The summed E-state index contributed by atoms with van der Waals surface area (Å²) in [5.41, 5.74) is 1.12. The molecule has 1 aromatic carbocycles. The SMILES string of the molecule is CC(=O)C1CCC(=O)CC1c1ccccc1. The first-order valence-electron chi connectivity index (χ1n) is 5.75. The smallest absolute Gasteiger partial charge is 0.133 e. The van der Waals surface area contributed by atoms with Crippen molar-refractivity contribution in [1.82, 2.24) is 0 Å². The molecular formula is C14H16O2. The molecule has 2 nitrogen and oxygen atoms in total. The van der Waals surface area contributed by atoms with Crippen LogP contribution in [-0.2, 0) is 9.59 Å². The number of benzene rings is 1. The van der Waals surface area contributed by atoms with Crippen LogP contribution in [0, 0.1) is 5.92 Å². The monoisotopic (exact) mass is 216 g/mol. The van der Waals surface area contributed by atoms with Gasteiger partial charge in [0.25, 0.3) is 0 Å². The first kappa shape index (κ1) is 11.1. The van der Waals surface area contributed by atoms with Crippen molar-refractivity contribution in [1.29, 1.82) is 0 Å². The largest absolute Gasteiger partial charge is 0.300 e. The molecule has 0 spiro atoms. The lowest BCUT2D eigenvalue weighted by Crippen LogP contribution is -2.28. The molecule has 0 aromatic heterocycles. The number of hydrogen-bond donors (Lipinski definition) is 0. The highest BCUT2D eigenvalue weighted by Crippen LogP contribution is 2.36. The molecule has 0 aliphatic heterocycles. The van der Waals surface area contributed by atoms with Crippen molar-refractivity contribution in [3.8, 4) is 0 Å². The maximum absolute atomic E-state index is 11.6. The minimum absolute atomic E-state index is 0.0279. The van der Waals surface area contributed by atoms with Gasteiger partial charge in [0, 0.05) is 24.7 Å². The van der Waals surface area contributed by atoms with Gasteiger partial charge in [-0.25, -0.2) is 0 Å². The lowest BCUT2D eigenvalue weighted by molar-refractivity contribution is -0.126. The van der Waals surface area contributed by atoms with Crippen LogP contribution in [0.3, 0.4) is 0 Å². The van der Waals surface area contributed by atoms with Gasteiger partial charge < -0.3 is 0 Å². The zero-order valence-electron chi connectivity index (χ0n) is 9.48. The number of rotatable bonds is 2. The molecule has 0 bridgehead atoms. The molecule has 0 N–H and O–H groups in total. The molecule has 0 radical (unpaired) electrons. The van der Waals surface area contributed by atoms with Crippen LogP contribution in [0.2, 0.25) is 0 Å². The Bertz CT molecular complexity index is 394. The maximum Gasteiger partial charge on any atom is 0.133 e. The summed E-state index contributed by atoms with van der Waals surface area (Å²) in [6, 6.07) is 9.91. The third-order valence-corrected chi connectivity index (χ3v) is 3.42. The number of hydrogen-bond acceptors (Lipinski definition) is 2. The first-order chi connectivity index (χ1) is 7.68. The third kappa shape index (κ3) is 2.21. The van der Waals surface area contributed by atoms with E-state index in [4.69, 9.17) is 0 Å². The summed E-state index contributed by atoms with van der Waals surface area (Å²) >= 11 is 0. The Hall–Kier alpha value is -1.44. The predicted molar refractivity (Wildman–Crippen MR) is 62.2 cm³/mol. The van der Waals surface area contributed by atoms with E-state index in [1.807, 2.05) is 30.3 Å². The average Bonchev–Trinajstić information content (AvgIpc) is 2.29. The zero-order chi connectivity index (χ0) is 11.5. The molecule has 0 amide bonds. The summed E-state index contributed by atoms with van der Waals surface area (Å²) in [5, 5.41) is 0. The number of carbonyl (C=O) groups is 2. The highest BCUT2D eigenvalue weighted by Gasteiger charge is 2.32. The van der Waals surface area contributed by atoms with E-state index < -0.39 is 0 Å². The predicted octanol–water partition coefficient (Wildman–Crippen LogP) is 2.73. The minimum atomic E-state index is 0.0279. The van der Waals surface area contributed by atoms with E-state index in [-0.39, 0.29) is 23.4 Å². The van der Waals surface area contributed by atoms with Crippen molar-refractivity contribution in [3.63, 3.8) is 0 Å². The summed E-state index contributed by atoms with van der Waals surface area (Å²) in [4.78, 5) is 23.1. The molecule has 0 saturated heterocycles. The van der Waals surface area contributed by atoms with Crippen LogP contribution < -0.4 is 0 Å². The molecule has 84 valence electrons. The molecule has 16 heavy (non-hydrogen) atoms. The van der Waals surface area contributed by atoms with Crippen LogP contribution >= 0.6 is 0 Å². The van der Waals surface area contributed by atoms with E-state index in [0.717, 1.165) is 5.56 Å². The quantitative estimate of drug-likeness (QED) is 0.761. The second kappa shape index (κ2) is 4.60. The van der Waals surface area contributed by atoms with Crippen molar-refractivity contribution in [3.05, 3.63) is 35.9 Å². The molecule has 1 aromatic rings. The Kier molecular flexibility index (Phi) is 3.18. The van der Waals surface area contributed by atoms with Gasteiger partial charge in [-0.1, -0.05) is 30.3 Å². The lowest BCUT2D eigenvalue weighted by atomic mass is 9.73. The Labute approximate surface area is 95.7 Å². The van der Waals surface area contributed by atoms with Gasteiger partial charge in [0.05, 0.1) is 0 Å². The van der Waals surface area contributed by atoms with E-state index in [9.17, 15) is 9.59 Å². The lowest BCUT2D eigenvalue weighted by Gasteiger charge is -2.29. The normalized spacial score (nSPS) is 25.4. The summed E-state index contributed by atoms with van der Waals surface area (Å²) in [5.74, 6) is 0.618. The molecule has 1 saturated carbocycles. The van der Waals surface area contributed by atoms with Crippen molar-refractivity contribution in [2.75, 3.05) is 0 Å². The van der Waals surface area contributed by atoms with Gasteiger partial charge in [0.1, 0.15) is 11.6 Å². The number of carbonyl (C=O) groups excluding carboxylic acids is 2. The van der Waals surface area contributed by atoms with E-state index in [2.05, 4.69) is 0 Å². The molecular weight excluding hydrogens is 200 g/mol. The zero-order valence-corrected chi connectivity index (χ0v) is 9.48. The number of Topliss-reactive ketones (excluding diaryl/α,β-unsaturated/α-hetero) is 2. The van der Waals surface area contributed by atoms with Gasteiger partial charge in [0.15, 0.2) is 0 Å². The van der Waals surface area contributed by atoms with Crippen LogP contribution in [0.15, 0.2) is 30.3 Å². The number of ketones is 2. The second-order valence-corrected chi connectivity index (χ2v) is 4.52. The first-order valence-corrected chi connectivity index (χ1v) is 5.75. The Morgan fingerprint density at radius 3 is 2.56 bits per heavy atom. The standard InChI is InChI=1S/C14H16O2/c1-10(15)13-8-7-12(16)9-14(13)11-5-3-2-4-6-11/h2-6,13-14H,7-9H2,1H3. The Morgan fingerprint density at radius 2 is 1.94 bits per heavy atom. The fourth-order valence-corrected chi connectivity index (χ4v) is 2.54. The van der Waals surface area contributed by atoms with Crippen LogP contribution in [0.4, 0.5) is 0 Å². The van der Waals surface area contributed by atoms with Crippen LogP contribution in [0.5, 0.6) is 0 Å². The van der Waals surface area contributed by atoms with Gasteiger partial charge >= 0.3 is 0 Å². The molecule has 2 heteroatoms. The summed E-state index contributed by atoms with van der Waals surface area (Å²) in [6.07, 6.45) is 1.80. The van der Waals surface area contributed by atoms with Crippen LogP contribution in [-0.4, -0.2) is 11.6 Å². The molecule has 2 rings (SSSR count). The Morgan fingerprint density at radius 1 is 1.25 bits per heavy atom. The van der Waals surface area contributed by atoms with Crippen molar-refractivity contribution in [2.45, 2.75) is 32.1 Å². The van der Waals surface area contributed by atoms with Crippen LogP contribution in [0.25, 0.3) is 0 Å². The van der Waals surface area contributed by atoms with Crippen molar-refractivity contribution in [2.24, 2.45) is 5.92 Å². The molecule has 0 heterocycles. The highest BCUT2D eigenvalue weighted by atomic mass is 16.1. The van der Waals surface area contributed by atoms with Gasteiger partial charge in [-0.05, 0) is 18.9 Å². The van der Waals surface area contributed by atoms with Crippen molar-refractivity contribution < 1.29 is 9.59 Å². The van der Waals surface area contributed by atoms with E-state index in [1.54, 1.807) is 6.92 Å².